The maximum atomic E-state index is 8.81. The van der Waals surface area contributed by atoms with Crippen LogP contribution in [0.5, 0.6) is 0 Å². The van der Waals surface area contributed by atoms with E-state index in [4.69, 9.17) is 10.1 Å². The number of benzene rings is 1. The van der Waals surface area contributed by atoms with Crippen LogP contribution in [-0.4, -0.2) is 18.6 Å². The largest absolute Gasteiger partial charge is 0.265 e. The van der Waals surface area contributed by atoms with Crippen LogP contribution in [0.2, 0.25) is 0 Å². The minimum Gasteiger partial charge on any atom is -0.265 e. The van der Waals surface area contributed by atoms with Crippen molar-refractivity contribution in [2.24, 2.45) is 0 Å². The van der Waals surface area contributed by atoms with E-state index in [1.165, 1.54) is 0 Å². The first-order valence-corrected chi connectivity index (χ1v) is 5.54. The van der Waals surface area contributed by atoms with E-state index in [1.807, 2.05) is 56.9 Å². The van der Waals surface area contributed by atoms with Crippen molar-refractivity contribution in [2.45, 2.75) is 13.8 Å². The Bertz CT molecular complexity index is 150. The lowest BCUT2D eigenvalue weighted by atomic mass is 10.4. The number of nitrogens with zero attached hydrogens (tertiary/aromatic N) is 1. The molecule has 0 aliphatic heterocycles. The van der Waals surface area contributed by atoms with E-state index in [-0.39, 0.29) is 0 Å². The summed E-state index contributed by atoms with van der Waals surface area (Å²) in [5.41, 5.74) is 0. The van der Waals surface area contributed by atoms with Crippen LogP contribution < -0.4 is 0 Å². The molecule has 1 aromatic carbocycles. The molecule has 1 atom stereocenters. The van der Waals surface area contributed by atoms with Crippen LogP contribution in [0.3, 0.4) is 0 Å². The Hall–Kier alpha value is -0.950. The second-order valence-corrected chi connectivity index (χ2v) is 1.59. The van der Waals surface area contributed by atoms with Crippen LogP contribution in [0.15, 0.2) is 36.4 Å². The summed E-state index contributed by atoms with van der Waals surface area (Å²) in [6, 6.07) is 12.0. The Labute approximate surface area is 88.9 Å². The highest BCUT2D eigenvalue weighted by Crippen LogP contribution is 1.79. The second kappa shape index (κ2) is 22.7. The van der Waals surface area contributed by atoms with Crippen LogP contribution >= 0.6 is 9.24 Å². The van der Waals surface area contributed by atoms with Crippen LogP contribution in [0.1, 0.15) is 13.8 Å². The molecule has 0 heterocycles. The molecule has 0 aliphatic rings. The zero-order valence-corrected chi connectivity index (χ0v) is 10.5. The molecule has 4 heteroatoms. The van der Waals surface area contributed by atoms with Crippen molar-refractivity contribution in [1.29, 1.82) is 0 Å². The lowest BCUT2D eigenvalue weighted by Crippen LogP contribution is -1.79. The third-order valence-electron chi connectivity index (χ3n) is 0.667. The monoisotopic (exact) mass is 217 g/mol. The van der Waals surface area contributed by atoms with Gasteiger partial charge in [-0.3, -0.25) is 10.1 Å². The van der Waals surface area contributed by atoms with E-state index in [0.29, 0.717) is 0 Å². The van der Waals surface area contributed by atoms with Crippen LogP contribution in [0.25, 0.3) is 0 Å². The minimum atomic E-state index is -0.500. The van der Waals surface area contributed by atoms with E-state index in [9.17, 15) is 0 Å². The van der Waals surface area contributed by atoms with E-state index in [1.54, 1.807) is 0 Å². The summed E-state index contributed by atoms with van der Waals surface area (Å²) >= 11 is 0. The lowest BCUT2D eigenvalue weighted by Gasteiger charge is -1.69. The molecule has 0 aromatic heterocycles. The molecule has 82 valence electrons. The molecule has 0 spiro atoms. The maximum absolute atomic E-state index is 8.81. The fourth-order valence-electron chi connectivity index (χ4n) is 0.385. The number of hydrogen-bond acceptors (Lipinski definition) is 2. The van der Waals surface area contributed by atoms with Crippen molar-refractivity contribution in [1.82, 2.24) is 0 Å². The summed E-state index contributed by atoms with van der Waals surface area (Å²) in [6.45, 7) is 5.92. The van der Waals surface area contributed by atoms with Gasteiger partial charge in [-0.1, -0.05) is 56.9 Å². The topological polar surface area (TPSA) is 43.1 Å². The lowest BCUT2D eigenvalue weighted by molar-refractivity contribution is -0.445. The summed E-state index contributed by atoms with van der Waals surface area (Å²) in [6.07, 6.45) is 0. The van der Waals surface area contributed by atoms with Gasteiger partial charge in [0, 0.05) is 4.92 Å². The Morgan fingerprint density at radius 3 is 1.07 bits per heavy atom. The zero-order valence-electron chi connectivity index (χ0n) is 9.31. The van der Waals surface area contributed by atoms with Crippen LogP contribution in [-0.2, 0) is 0 Å². The molecular weight excluding hydrogens is 197 g/mol. The van der Waals surface area contributed by atoms with Crippen molar-refractivity contribution in [3.63, 3.8) is 0 Å². The van der Waals surface area contributed by atoms with Gasteiger partial charge in [-0.05, 0) is 0 Å². The predicted octanol–water partition coefficient (Wildman–Crippen LogP) is 3.10. The Morgan fingerprint density at radius 1 is 0.929 bits per heavy atom. The number of nitro groups is 1. The van der Waals surface area contributed by atoms with Crippen LogP contribution in [0.4, 0.5) is 0 Å². The van der Waals surface area contributed by atoms with E-state index in [0.717, 1.165) is 7.05 Å². The van der Waals surface area contributed by atoms with Gasteiger partial charge in [0.25, 0.3) is 0 Å². The van der Waals surface area contributed by atoms with E-state index >= 15 is 0 Å². The third-order valence-corrected chi connectivity index (χ3v) is 0.667. The SMILES string of the molecule is CC.CP.C[N+](=O)[O-].c1ccccc1. The quantitative estimate of drug-likeness (QED) is 0.380. The van der Waals surface area contributed by atoms with Crippen molar-refractivity contribution < 1.29 is 4.92 Å². The number of hydrogen-bond donors (Lipinski definition) is 0. The third kappa shape index (κ3) is 43.8. The molecule has 0 N–H and O–H groups in total. The molecule has 0 amide bonds. The van der Waals surface area contributed by atoms with Crippen molar-refractivity contribution in [3.8, 4) is 0 Å². The molecule has 3 nitrogen and oxygen atoms in total. The maximum Gasteiger partial charge on any atom is 0.194 e. The van der Waals surface area contributed by atoms with E-state index in [2.05, 4.69) is 9.24 Å². The van der Waals surface area contributed by atoms with Crippen LogP contribution in [0, 0.1) is 10.1 Å². The first-order chi connectivity index (χ1) is 6.73. The van der Waals surface area contributed by atoms with Gasteiger partial charge in [0.2, 0.25) is 0 Å². The summed E-state index contributed by atoms with van der Waals surface area (Å²) < 4.78 is 0. The standard InChI is InChI=1S/C6H6.C2H6.CH3NO2.CH5P/c1-2-4-6-5-3-1;1-2;1-2(3)4;1-2/h1-6H;1-2H3;1H3;2H2,1H3. The highest BCUT2D eigenvalue weighted by Gasteiger charge is 1.58. The molecule has 0 saturated carbocycles. The number of rotatable bonds is 0. The van der Waals surface area contributed by atoms with Gasteiger partial charge in [0.15, 0.2) is 7.05 Å². The first-order valence-electron chi connectivity index (χ1n) is 4.39. The Morgan fingerprint density at radius 2 is 1.00 bits per heavy atom. The Balaban J connectivity index is -0.000000134. The zero-order chi connectivity index (χ0) is 11.8. The summed E-state index contributed by atoms with van der Waals surface area (Å²) in [5, 5.41) is 8.81. The highest BCUT2D eigenvalue weighted by atomic mass is 31.0. The first kappa shape index (κ1) is 18.8. The molecule has 0 bridgehead atoms. The summed E-state index contributed by atoms with van der Waals surface area (Å²) in [7, 11) is 3.31. The smallest absolute Gasteiger partial charge is 0.194 e. The average Bonchev–Trinajstić information content (AvgIpc) is 2.25. The molecule has 0 fully saturated rings. The fourth-order valence-corrected chi connectivity index (χ4v) is 0.385. The highest BCUT2D eigenvalue weighted by molar-refractivity contribution is 7.15. The van der Waals surface area contributed by atoms with Crippen molar-refractivity contribution in [2.75, 3.05) is 13.7 Å². The normalized spacial score (nSPS) is 6.07. The van der Waals surface area contributed by atoms with Gasteiger partial charge >= 0.3 is 0 Å². The average molecular weight is 217 g/mol. The molecule has 14 heavy (non-hydrogen) atoms. The molecule has 0 aliphatic carbocycles. The molecular formula is C10H20NO2P. The Kier molecular flexibility index (Phi) is 30.4. The molecule has 1 unspecified atom stereocenters. The van der Waals surface area contributed by atoms with Gasteiger partial charge in [0.1, 0.15) is 0 Å². The molecule has 0 saturated heterocycles. The van der Waals surface area contributed by atoms with Gasteiger partial charge < -0.3 is 0 Å². The van der Waals surface area contributed by atoms with Gasteiger partial charge in [-0.2, -0.15) is 0 Å². The van der Waals surface area contributed by atoms with E-state index < -0.39 is 4.92 Å². The fraction of sp³-hybridized carbons (Fsp3) is 0.400. The van der Waals surface area contributed by atoms with Gasteiger partial charge in [-0.15, -0.1) is 9.24 Å². The molecule has 1 aromatic rings. The second-order valence-electron chi connectivity index (χ2n) is 1.59. The molecule has 1 rings (SSSR count). The van der Waals surface area contributed by atoms with Gasteiger partial charge in [0.05, 0.1) is 0 Å². The summed E-state index contributed by atoms with van der Waals surface area (Å²) in [5.74, 6) is 0. The minimum absolute atomic E-state index is 0.500. The summed E-state index contributed by atoms with van der Waals surface area (Å²) in [4.78, 5) is 8.31. The van der Waals surface area contributed by atoms with Crippen molar-refractivity contribution in [3.05, 3.63) is 46.5 Å². The molecule has 0 radical (unpaired) electrons. The predicted molar refractivity (Wildman–Crippen MR) is 66.3 cm³/mol. The van der Waals surface area contributed by atoms with Gasteiger partial charge in [-0.25, -0.2) is 0 Å². The van der Waals surface area contributed by atoms with Crippen molar-refractivity contribution >= 4 is 9.24 Å².